The molecule has 3 rings (SSSR count). The fourth-order valence-electron chi connectivity index (χ4n) is 2.78. The summed E-state index contributed by atoms with van der Waals surface area (Å²) < 4.78 is 0. The number of nitrogens with zero attached hydrogens (tertiary/aromatic N) is 3. The Labute approximate surface area is 128 Å². The fourth-order valence-corrected chi connectivity index (χ4v) is 3.71. The van der Waals surface area contributed by atoms with E-state index in [1.807, 2.05) is 23.4 Å². The van der Waals surface area contributed by atoms with Crippen LogP contribution in [0.15, 0.2) is 11.6 Å². The van der Waals surface area contributed by atoms with E-state index in [0.29, 0.717) is 13.1 Å². The third-order valence-electron chi connectivity index (χ3n) is 4.00. The molecule has 1 amide bonds. The fraction of sp³-hybridized carbons (Fsp3) is 0.438. The number of fused-ring (bicyclic) bond motifs is 1. The van der Waals surface area contributed by atoms with Crippen molar-refractivity contribution in [1.82, 2.24) is 14.9 Å². The molecule has 0 bridgehead atoms. The van der Waals surface area contributed by atoms with Gasteiger partial charge < -0.3 is 4.90 Å². The molecule has 4 nitrogen and oxygen atoms in total. The highest BCUT2D eigenvalue weighted by Gasteiger charge is 2.27. The number of hydrogen-bond donors (Lipinski definition) is 0. The Morgan fingerprint density at radius 2 is 2.14 bits per heavy atom. The first-order valence-electron chi connectivity index (χ1n) is 7.33. The quantitative estimate of drug-likeness (QED) is 0.875. The molecule has 21 heavy (non-hydrogen) atoms. The predicted octanol–water partition coefficient (Wildman–Crippen LogP) is 3.13. The van der Waals surface area contributed by atoms with Crippen molar-refractivity contribution in [1.29, 1.82) is 0 Å². The zero-order valence-corrected chi connectivity index (χ0v) is 13.5. The first-order valence-corrected chi connectivity index (χ1v) is 8.21. The summed E-state index contributed by atoms with van der Waals surface area (Å²) in [6.07, 6.45) is 3.59. The van der Waals surface area contributed by atoms with Crippen molar-refractivity contribution >= 4 is 17.2 Å². The molecule has 0 unspecified atom stereocenters. The van der Waals surface area contributed by atoms with Crippen LogP contribution in [0.3, 0.4) is 0 Å². The van der Waals surface area contributed by atoms with E-state index >= 15 is 0 Å². The number of aromatic nitrogens is 2. The summed E-state index contributed by atoms with van der Waals surface area (Å²) >= 11 is 1.66. The van der Waals surface area contributed by atoms with Gasteiger partial charge in [-0.15, -0.1) is 11.3 Å². The highest BCUT2D eigenvalue weighted by atomic mass is 32.1. The summed E-state index contributed by atoms with van der Waals surface area (Å²) in [6, 6.07) is 0. The highest BCUT2D eigenvalue weighted by Crippen LogP contribution is 2.27. The van der Waals surface area contributed by atoms with E-state index in [9.17, 15) is 4.79 Å². The van der Waals surface area contributed by atoms with Crippen molar-refractivity contribution in [3.8, 4) is 0 Å². The molecular formula is C16H19N3OS. The van der Waals surface area contributed by atoms with Crippen molar-refractivity contribution in [2.24, 2.45) is 0 Å². The lowest BCUT2D eigenvalue weighted by molar-refractivity contribution is 0.0750. The number of amides is 1. The van der Waals surface area contributed by atoms with Crippen LogP contribution in [-0.2, 0) is 25.9 Å². The molecule has 1 aliphatic heterocycles. The van der Waals surface area contributed by atoms with E-state index in [4.69, 9.17) is 0 Å². The van der Waals surface area contributed by atoms with E-state index in [1.165, 1.54) is 10.4 Å². The van der Waals surface area contributed by atoms with E-state index in [-0.39, 0.29) is 5.91 Å². The van der Waals surface area contributed by atoms with Crippen LogP contribution in [0.1, 0.15) is 51.7 Å². The van der Waals surface area contributed by atoms with E-state index in [1.54, 1.807) is 11.3 Å². The summed E-state index contributed by atoms with van der Waals surface area (Å²) in [5, 5.41) is 1.99. The van der Waals surface area contributed by atoms with Gasteiger partial charge in [0.15, 0.2) is 0 Å². The molecule has 0 radical (unpaired) electrons. The van der Waals surface area contributed by atoms with E-state index < -0.39 is 0 Å². The minimum absolute atomic E-state index is 0.118. The number of rotatable bonds is 3. The zero-order valence-electron chi connectivity index (χ0n) is 12.6. The monoisotopic (exact) mass is 301 g/mol. The smallest absolute Gasteiger partial charge is 0.255 e. The second-order valence-corrected chi connectivity index (χ2v) is 6.39. The minimum Gasteiger partial charge on any atom is -0.328 e. The lowest BCUT2D eigenvalue weighted by Gasteiger charge is -2.15. The molecular weight excluding hydrogens is 282 g/mol. The van der Waals surface area contributed by atoms with Gasteiger partial charge >= 0.3 is 0 Å². The molecule has 0 aliphatic carbocycles. The largest absolute Gasteiger partial charge is 0.328 e. The second kappa shape index (κ2) is 5.56. The first-order chi connectivity index (χ1) is 10.1. The molecule has 0 N–H and O–H groups in total. The third kappa shape index (κ3) is 2.46. The van der Waals surface area contributed by atoms with Gasteiger partial charge in [0.2, 0.25) is 0 Å². The lowest BCUT2D eigenvalue weighted by atomic mass is 10.1. The maximum atomic E-state index is 12.7. The molecule has 5 heteroatoms. The molecule has 0 spiro atoms. The Hall–Kier alpha value is -1.75. The summed E-state index contributed by atoms with van der Waals surface area (Å²) in [5.41, 5.74) is 4.11. The number of aryl methyl sites for hydroxylation is 2. The van der Waals surface area contributed by atoms with Gasteiger partial charge in [-0.3, -0.25) is 4.79 Å². The summed E-state index contributed by atoms with van der Waals surface area (Å²) in [7, 11) is 0. The lowest BCUT2D eigenvalue weighted by Crippen LogP contribution is -2.25. The van der Waals surface area contributed by atoms with Gasteiger partial charge in [-0.05, 0) is 18.9 Å². The summed E-state index contributed by atoms with van der Waals surface area (Å²) in [6.45, 7) is 7.45. The molecule has 0 saturated heterocycles. The van der Waals surface area contributed by atoms with Crippen LogP contribution in [-0.4, -0.2) is 20.8 Å². The number of carbonyl (C=O) groups excluding carboxylic acids is 1. The van der Waals surface area contributed by atoms with Crippen LogP contribution in [0.2, 0.25) is 0 Å². The van der Waals surface area contributed by atoms with Gasteiger partial charge in [-0.2, -0.15) is 0 Å². The zero-order chi connectivity index (χ0) is 15.0. The van der Waals surface area contributed by atoms with Crippen LogP contribution in [0.5, 0.6) is 0 Å². The van der Waals surface area contributed by atoms with Crippen LogP contribution in [0, 0.1) is 6.92 Å². The minimum atomic E-state index is 0.118. The molecule has 0 atom stereocenters. The van der Waals surface area contributed by atoms with Gasteiger partial charge in [0, 0.05) is 35.0 Å². The second-order valence-electron chi connectivity index (χ2n) is 5.31. The summed E-state index contributed by atoms with van der Waals surface area (Å²) in [4.78, 5) is 24.7. The Morgan fingerprint density at radius 1 is 1.33 bits per heavy atom. The Bertz CT molecular complexity index is 693. The van der Waals surface area contributed by atoms with Gasteiger partial charge in [0.05, 0.1) is 17.8 Å². The van der Waals surface area contributed by atoms with Gasteiger partial charge in [0.25, 0.3) is 5.91 Å². The van der Waals surface area contributed by atoms with Crippen molar-refractivity contribution < 1.29 is 4.79 Å². The van der Waals surface area contributed by atoms with Crippen molar-refractivity contribution in [3.63, 3.8) is 0 Å². The van der Waals surface area contributed by atoms with Crippen LogP contribution >= 0.6 is 11.3 Å². The number of hydrogen-bond acceptors (Lipinski definition) is 4. The molecule has 2 aromatic heterocycles. The topological polar surface area (TPSA) is 46.1 Å². The molecule has 0 fully saturated rings. The van der Waals surface area contributed by atoms with Crippen molar-refractivity contribution in [2.75, 3.05) is 0 Å². The predicted molar refractivity (Wildman–Crippen MR) is 83.4 cm³/mol. The third-order valence-corrected chi connectivity index (χ3v) is 4.95. The standard InChI is InChI=1S/C16H19N3OS/c1-4-12-10(3)21-9-13(12)16(20)19-7-11-6-17-15(5-2)18-14(11)8-19/h6,9H,4-5,7-8H2,1-3H3. The van der Waals surface area contributed by atoms with Crippen LogP contribution in [0.4, 0.5) is 0 Å². The Kier molecular flexibility index (Phi) is 3.76. The molecule has 110 valence electrons. The molecule has 1 aliphatic rings. The Balaban J connectivity index is 1.85. The van der Waals surface area contributed by atoms with Crippen molar-refractivity contribution in [3.05, 3.63) is 44.7 Å². The normalized spacial score (nSPS) is 13.6. The molecule has 3 heterocycles. The van der Waals surface area contributed by atoms with Crippen molar-refractivity contribution in [2.45, 2.75) is 46.7 Å². The van der Waals surface area contributed by atoms with E-state index in [2.05, 4.69) is 23.8 Å². The van der Waals surface area contributed by atoms with E-state index in [0.717, 1.165) is 35.5 Å². The van der Waals surface area contributed by atoms with Crippen LogP contribution < -0.4 is 0 Å². The molecule has 0 aromatic carbocycles. The highest BCUT2D eigenvalue weighted by molar-refractivity contribution is 7.10. The van der Waals surface area contributed by atoms with Gasteiger partial charge in [-0.1, -0.05) is 13.8 Å². The maximum absolute atomic E-state index is 12.7. The Morgan fingerprint density at radius 3 is 2.86 bits per heavy atom. The van der Waals surface area contributed by atoms with Gasteiger partial charge in [-0.25, -0.2) is 9.97 Å². The van der Waals surface area contributed by atoms with Gasteiger partial charge in [0.1, 0.15) is 5.82 Å². The molecule has 2 aromatic rings. The van der Waals surface area contributed by atoms with Crippen LogP contribution in [0.25, 0.3) is 0 Å². The molecule has 0 saturated carbocycles. The SMILES string of the molecule is CCc1ncc2c(n1)CN(C(=O)c1csc(C)c1CC)C2. The number of thiophene rings is 1. The first kappa shape index (κ1) is 14.2. The summed E-state index contributed by atoms with van der Waals surface area (Å²) in [5.74, 6) is 0.968. The maximum Gasteiger partial charge on any atom is 0.255 e. The average molecular weight is 301 g/mol. The average Bonchev–Trinajstić information content (AvgIpc) is 3.08. The number of carbonyl (C=O) groups is 1.